The first-order chi connectivity index (χ1) is 12.1. The Morgan fingerprint density at radius 3 is 2.68 bits per heavy atom. The van der Waals surface area contributed by atoms with Crippen molar-refractivity contribution in [1.29, 1.82) is 0 Å². The predicted octanol–water partition coefficient (Wildman–Crippen LogP) is 2.23. The molecular weight excluding hydrogens is 320 g/mol. The van der Waals surface area contributed by atoms with Gasteiger partial charge in [0.1, 0.15) is 12.4 Å². The molecule has 1 fully saturated rings. The number of ether oxygens (including phenoxy) is 2. The van der Waals surface area contributed by atoms with Gasteiger partial charge in [-0.05, 0) is 17.7 Å². The number of morpholine rings is 1. The van der Waals surface area contributed by atoms with Crippen molar-refractivity contribution < 1.29 is 19.1 Å². The summed E-state index contributed by atoms with van der Waals surface area (Å²) >= 11 is 0. The lowest BCUT2D eigenvalue weighted by Crippen LogP contribution is -2.51. The van der Waals surface area contributed by atoms with E-state index in [9.17, 15) is 9.59 Å². The number of hydrogen-bond acceptors (Lipinski definition) is 4. The number of hydrogen-bond donors (Lipinski definition) is 1. The first-order valence-corrected chi connectivity index (χ1v) is 7.97. The average molecular weight is 340 g/mol. The van der Waals surface area contributed by atoms with Crippen LogP contribution in [0.4, 0.5) is 5.69 Å². The number of nitrogens with one attached hydrogen (secondary N) is 1. The van der Waals surface area contributed by atoms with Gasteiger partial charge in [0.25, 0.3) is 5.91 Å². The molecule has 0 spiro atoms. The summed E-state index contributed by atoms with van der Waals surface area (Å²) in [4.78, 5) is 26.4. The van der Waals surface area contributed by atoms with Crippen LogP contribution in [0.25, 0.3) is 0 Å². The second-order valence-corrected chi connectivity index (χ2v) is 5.81. The molecule has 0 unspecified atom stereocenters. The minimum absolute atomic E-state index is 0.115. The Bertz CT molecular complexity index is 763. The molecule has 0 saturated carbocycles. The molecule has 1 heterocycles. The maximum atomic E-state index is 12.8. The number of carbonyl (C=O) groups excluding carboxylic acids is 2. The second kappa shape index (κ2) is 7.36. The second-order valence-electron chi connectivity index (χ2n) is 5.81. The summed E-state index contributed by atoms with van der Waals surface area (Å²) in [6.07, 6.45) is -0.795. The molecule has 0 aromatic heterocycles. The van der Waals surface area contributed by atoms with E-state index in [1.165, 1.54) is 0 Å². The molecule has 1 saturated heterocycles. The molecule has 130 valence electrons. The van der Waals surface area contributed by atoms with E-state index in [1.54, 1.807) is 43.3 Å². The van der Waals surface area contributed by atoms with Crippen LogP contribution < -0.4 is 10.1 Å². The number of nitrogens with zero attached hydrogens (tertiary/aromatic N) is 1. The Morgan fingerprint density at radius 2 is 1.96 bits per heavy atom. The van der Waals surface area contributed by atoms with E-state index in [0.29, 0.717) is 11.4 Å². The van der Waals surface area contributed by atoms with E-state index in [2.05, 4.69) is 5.32 Å². The van der Waals surface area contributed by atoms with E-state index in [1.807, 2.05) is 30.3 Å². The van der Waals surface area contributed by atoms with Gasteiger partial charge in [-0.1, -0.05) is 36.4 Å². The summed E-state index contributed by atoms with van der Waals surface area (Å²) in [5.41, 5.74) is 1.46. The van der Waals surface area contributed by atoms with Gasteiger partial charge in [-0.3, -0.25) is 9.59 Å². The van der Waals surface area contributed by atoms with Crippen molar-refractivity contribution >= 4 is 17.5 Å². The summed E-state index contributed by atoms with van der Waals surface area (Å²) in [7, 11) is 3.26. The summed E-state index contributed by atoms with van der Waals surface area (Å²) in [6, 6.07) is 16.0. The van der Waals surface area contributed by atoms with Crippen LogP contribution in [0.15, 0.2) is 54.6 Å². The van der Waals surface area contributed by atoms with Gasteiger partial charge in [0.05, 0.1) is 13.2 Å². The predicted molar refractivity (Wildman–Crippen MR) is 93.3 cm³/mol. The lowest BCUT2D eigenvalue weighted by Gasteiger charge is -2.38. The highest BCUT2D eigenvalue weighted by molar-refractivity contribution is 5.96. The molecule has 0 radical (unpaired) electrons. The molecule has 0 aliphatic carbocycles. The first kappa shape index (κ1) is 17.0. The van der Waals surface area contributed by atoms with Gasteiger partial charge < -0.3 is 19.7 Å². The van der Waals surface area contributed by atoms with Crippen molar-refractivity contribution in [1.82, 2.24) is 4.90 Å². The third-order valence-corrected chi connectivity index (χ3v) is 4.22. The minimum atomic E-state index is -0.795. The van der Waals surface area contributed by atoms with Crippen LogP contribution in [0.3, 0.4) is 0 Å². The number of methoxy groups -OCH3 is 1. The minimum Gasteiger partial charge on any atom is -0.497 e. The fourth-order valence-electron chi connectivity index (χ4n) is 2.89. The fraction of sp³-hybridized carbons (Fsp3) is 0.263. The number of likely N-dealkylation sites (N-methyl/N-ethyl adjacent to an activating group) is 1. The zero-order valence-corrected chi connectivity index (χ0v) is 14.1. The Labute approximate surface area is 146 Å². The van der Waals surface area contributed by atoms with Crippen LogP contribution in [0, 0.1) is 0 Å². The van der Waals surface area contributed by atoms with E-state index >= 15 is 0 Å². The van der Waals surface area contributed by atoms with E-state index in [-0.39, 0.29) is 18.4 Å². The van der Waals surface area contributed by atoms with Crippen LogP contribution in [0.2, 0.25) is 0 Å². The Kier molecular flexibility index (Phi) is 5.00. The molecule has 1 aliphatic rings. The van der Waals surface area contributed by atoms with Gasteiger partial charge in [0.15, 0.2) is 6.10 Å². The molecule has 2 atom stereocenters. The number of carbonyl (C=O) groups is 2. The van der Waals surface area contributed by atoms with Crippen LogP contribution in [-0.2, 0) is 14.3 Å². The van der Waals surface area contributed by atoms with Gasteiger partial charge in [-0.25, -0.2) is 0 Å². The lowest BCUT2D eigenvalue weighted by atomic mass is 9.97. The van der Waals surface area contributed by atoms with Crippen molar-refractivity contribution in [2.75, 3.05) is 26.1 Å². The Morgan fingerprint density at radius 1 is 1.20 bits per heavy atom. The van der Waals surface area contributed by atoms with Crippen molar-refractivity contribution in [3.05, 3.63) is 60.2 Å². The van der Waals surface area contributed by atoms with Crippen LogP contribution >= 0.6 is 0 Å². The molecule has 2 aromatic carbocycles. The van der Waals surface area contributed by atoms with E-state index < -0.39 is 12.1 Å². The fourth-order valence-corrected chi connectivity index (χ4v) is 2.89. The smallest absolute Gasteiger partial charge is 0.256 e. The van der Waals surface area contributed by atoms with E-state index in [0.717, 1.165) is 5.56 Å². The van der Waals surface area contributed by atoms with Crippen molar-refractivity contribution in [2.45, 2.75) is 12.1 Å². The molecule has 1 aliphatic heterocycles. The topological polar surface area (TPSA) is 67.9 Å². The quantitative estimate of drug-likeness (QED) is 0.927. The van der Waals surface area contributed by atoms with Crippen LogP contribution in [-0.4, -0.2) is 43.6 Å². The molecule has 6 heteroatoms. The van der Waals surface area contributed by atoms with Crippen molar-refractivity contribution in [2.24, 2.45) is 0 Å². The number of amides is 2. The zero-order valence-electron chi connectivity index (χ0n) is 14.1. The van der Waals surface area contributed by atoms with Gasteiger partial charge in [-0.15, -0.1) is 0 Å². The highest BCUT2D eigenvalue weighted by Gasteiger charge is 2.40. The number of rotatable bonds is 4. The summed E-state index contributed by atoms with van der Waals surface area (Å²) < 4.78 is 10.8. The molecular formula is C19H20N2O4. The maximum Gasteiger partial charge on any atom is 0.256 e. The molecule has 3 rings (SSSR count). The first-order valence-electron chi connectivity index (χ1n) is 7.97. The van der Waals surface area contributed by atoms with Gasteiger partial charge in [-0.2, -0.15) is 0 Å². The Balaban J connectivity index is 1.84. The molecule has 1 N–H and O–H groups in total. The zero-order chi connectivity index (χ0) is 17.8. The molecule has 25 heavy (non-hydrogen) atoms. The third kappa shape index (κ3) is 3.64. The normalized spacial score (nSPS) is 20.2. The largest absolute Gasteiger partial charge is 0.497 e. The average Bonchev–Trinajstić information content (AvgIpc) is 2.64. The van der Waals surface area contributed by atoms with Gasteiger partial charge in [0, 0.05) is 18.8 Å². The number of anilines is 1. The monoisotopic (exact) mass is 340 g/mol. The molecule has 6 nitrogen and oxygen atoms in total. The molecule has 0 bridgehead atoms. The SMILES string of the molecule is COc1cccc(NC(=O)[C@H]2OCC(=O)N(C)[C@@H]2c2ccccc2)c1. The summed E-state index contributed by atoms with van der Waals surface area (Å²) in [5.74, 6) is 0.190. The third-order valence-electron chi connectivity index (χ3n) is 4.22. The highest BCUT2D eigenvalue weighted by Crippen LogP contribution is 2.30. The summed E-state index contributed by atoms with van der Waals surface area (Å²) in [5, 5.41) is 2.84. The maximum absolute atomic E-state index is 12.8. The van der Waals surface area contributed by atoms with Crippen molar-refractivity contribution in [3.63, 3.8) is 0 Å². The Hall–Kier alpha value is -2.86. The summed E-state index contributed by atoms with van der Waals surface area (Å²) in [6.45, 7) is -0.115. The van der Waals surface area contributed by atoms with Gasteiger partial charge >= 0.3 is 0 Å². The van der Waals surface area contributed by atoms with Crippen LogP contribution in [0.5, 0.6) is 5.75 Å². The number of benzene rings is 2. The standard InChI is InChI=1S/C19H20N2O4/c1-21-16(22)12-25-18(17(21)13-7-4-3-5-8-13)19(23)20-14-9-6-10-15(11-14)24-2/h3-11,17-18H,12H2,1-2H3,(H,20,23)/t17-,18+/m1/s1. The van der Waals surface area contributed by atoms with Gasteiger partial charge in [0.2, 0.25) is 5.91 Å². The van der Waals surface area contributed by atoms with Crippen LogP contribution in [0.1, 0.15) is 11.6 Å². The van der Waals surface area contributed by atoms with Crippen molar-refractivity contribution in [3.8, 4) is 5.75 Å². The molecule has 2 aromatic rings. The van der Waals surface area contributed by atoms with E-state index in [4.69, 9.17) is 9.47 Å². The highest BCUT2D eigenvalue weighted by atomic mass is 16.5. The lowest BCUT2D eigenvalue weighted by molar-refractivity contribution is -0.160. The molecule has 2 amide bonds.